The van der Waals surface area contributed by atoms with Gasteiger partial charge in [-0.15, -0.1) is 0 Å². The lowest BCUT2D eigenvalue weighted by atomic mass is 9.91. The molecule has 0 saturated carbocycles. The summed E-state index contributed by atoms with van der Waals surface area (Å²) in [5.41, 5.74) is -1.37. The van der Waals surface area contributed by atoms with Gasteiger partial charge in [0.2, 0.25) is 5.91 Å². The molecule has 1 fully saturated rings. The van der Waals surface area contributed by atoms with Gasteiger partial charge in [-0.2, -0.15) is 0 Å². The zero-order valence-electron chi connectivity index (χ0n) is 10.2. The van der Waals surface area contributed by atoms with Gasteiger partial charge in [0.15, 0.2) is 0 Å². The van der Waals surface area contributed by atoms with Crippen LogP contribution in [0.5, 0.6) is 0 Å². The average molecular weight is 229 g/mol. The van der Waals surface area contributed by atoms with Gasteiger partial charge in [0, 0.05) is 6.54 Å². The Labute approximate surface area is 95.4 Å². The summed E-state index contributed by atoms with van der Waals surface area (Å²) >= 11 is 0. The molecular weight excluding hydrogens is 210 g/mol. The van der Waals surface area contributed by atoms with Gasteiger partial charge in [-0.05, 0) is 27.7 Å². The maximum absolute atomic E-state index is 12.1. The Bertz CT molecular complexity index is 300. The topological polar surface area (TPSA) is 66.8 Å². The molecule has 92 valence electrons. The lowest BCUT2D eigenvalue weighted by Gasteiger charge is -2.39. The minimum absolute atomic E-state index is 0.0373. The zero-order chi connectivity index (χ0) is 12.5. The molecule has 1 aliphatic rings. The van der Waals surface area contributed by atoms with Crippen LogP contribution in [0.1, 0.15) is 27.7 Å². The van der Waals surface area contributed by atoms with Gasteiger partial charge in [-0.1, -0.05) is 0 Å². The van der Waals surface area contributed by atoms with Gasteiger partial charge < -0.3 is 14.7 Å². The van der Waals surface area contributed by atoms with Crippen molar-refractivity contribution in [1.82, 2.24) is 4.90 Å². The van der Waals surface area contributed by atoms with Crippen molar-refractivity contribution in [1.29, 1.82) is 0 Å². The summed E-state index contributed by atoms with van der Waals surface area (Å²) < 4.78 is 5.40. The van der Waals surface area contributed by atoms with Crippen LogP contribution < -0.4 is 0 Å². The highest BCUT2D eigenvalue weighted by Crippen LogP contribution is 2.23. The fourth-order valence-electron chi connectivity index (χ4n) is 1.64. The van der Waals surface area contributed by atoms with E-state index in [4.69, 9.17) is 9.84 Å². The quantitative estimate of drug-likeness (QED) is 0.709. The molecule has 0 radical (unpaired) electrons. The molecule has 1 rings (SSSR count). The molecule has 5 nitrogen and oxygen atoms in total. The van der Waals surface area contributed by atoms with E-state index in [1.165, 1.54) is 13.8 Å². The third-order valence-corrected chi connectivity index (χ3v) is 2.94. The number of aliphatic carboxylic acids is 1. The predicted molar refractivity (Wildman–Crippen MR) is 58.0 cm³/mol. The third kappa shape index (κ3) is 2.35. The van der Waals surface area contributed by atoms with Crippen LogP contribution in [0.15, 0.2) is 0 Å². The Morgan fingerprint density at radius 1 is 1.38 bits per heavy atom. The number of hydrogen-bond acceptors (Lipinski definition) is 3. The molecule has 0 aliphatic carbocycles. The van der Waals surface area contributed by atoms with E-state index in [1.54, 1.807) is 4.90 Å². The van der Waals surface area contributed by atoms with E-state index in [0.29, 0.717) is 13.2 Å². The number of carboxylic acid groups (broad SMARTS) is 1. The average Bonchev–Trinajstić information content (AvgIpc) is 2.20. The summed E-state index contributed by atoms with van der Waals surface area (Å²) in [5, 5.41) is 9.02. The Kier molecular flexibility index (Phi) is 3.57. The van der Waals surface area contributed by atoms with E-state index >= 15 is 0 Å². The van der Waals surface area contributed by atoms with Crippen LogP contribution in [0.3, 0.4) is 0 Å². The highest BCUT2D eigenvalue weighted by atomic mass is 16.5. The van der Waals surface area contributed by atoms with Crippen LogP contribution >= 0.6 is 0 Å². The summed E-state index contributed by atoms with van der Waals surface area (Å²) in [5.74, 6) is -1.44. The molecule has 16 heavy (non-hydrogen) atoms. The molecule has 1 amide bonds. The van der Waals surface area contributed by atoms with Crippen molar-refractivity contribution in [3.8, 4) is 0 Å². The highest BCUT2D eigenvalue weighted by Gasteiger charge is 2.42. The standard InChI is InChI=1S/C11H19NO4/c1-7-6-16-8(2)5-12(7)9(13)11(3,4)10(14)15/h7-8H,5-6H2,1-4H3,(H,14,15). The Balaban J connectivity index is 2.83. The van der Waals surface area contributed by atoms with E-state index in [9.17, 15) is 9.59 Å². The Morgan fingerprint density at radius 2 is 1.94 bits per heavy atom. The van der Waals surface area contributed by atoms with Gasteiger partial charge in [0.1, 0.15) is 5.41 Å². The van der Waals surface area contributed by atoms with Crippen molar-refractivity contribution in [2.75, 3.05) is 13.2 Å². The Morgan fingerprint density at radius 3 is 2.44 bits per heavy atom. The van der Waals surface area contributed by atoms with Crippen LogP contribution in [0.25, 0.3) is 0 Å². The molecule has 1 saturated heterocycles. The number of morpholine rings is 1. The first-order valence-electron chi connectivity index (χ1n) is 5.43. The van der Waals surface area contributed by atoms with Gasteiger partial charge >= 0.3 is 5.97 Å². The van der Waals surface area contributed by atoms with Crippen LogP contribution in [0, 0.1) is 5.41 Å². The van der Waals surface area contributed by atoms with Gasteiger partial charge in [-0.25, -0.2) is 0 Å². The van der Waals surface area contributed by atoms with Crippen molar-refractivity contribution in [2.24, 2.45) is 5.41 Å². The zero-order valence-corrected chi connectivity index (χ0v) is 10.2. The number of nitrogens with zero attached hydrogens (tertiary/aromatic N) is 1. The molecule has 1 N–H and O–H groups in total. The molecule has 2 atom stereocenters. The molecule has 2 unspecified atom stereocenters. The summed E-state index contributed by atoms with van der Waals surface area (Å²) in [6.45, 7) is 7.52. The SMILES string of the molecule is CC1CN(C(=O)C(C)(C)C(=O)O)C(C)CO1. The van der Waals surface area contributed by atoms with Gasteiger partial charge in [0.05, 0.1) is 18.8 Å². The molecule has 1 aliphatic heterocycles. The normalized spacial score (nSPS) is 26.6. The Hall–Kier alpha value is -1.10. The highest BCUT2D eigenvalue weighted by molar-refractivity contribution is 6.01. The number of ether oxygens (including phenoxy) is 1. The molecule has 0 bridgehead atoms. The largest absolute Gasteiger partial charge is 0.480 e. The second kappa shape index (κ2) is 4.41. The van der Waals surface area contributed by atoms with Crippen LogP contribution in [0.4, 0.5) is 0 Å². The van der Waals surface area contributed by atoms with Crippen LogP contribution in [-0.2, 0) is 14.3 Å². The first-order chi connectivity index (χ1) is 7.26. The van der Waals surface area contributed by atoms with Crippen LogP contribution in [-0.4, -0.2) is 47.2 Å². The second-order valence-electron chi connectivity index (χ2n) is 4.88. The maximum atomic E-state index is 12.1. The smallest absolute Gasteiger partial charge is 0.318 e. The number of rotatable bonds is 2. The van der Waals surface area contributed by atoms with Crippen molar-refractivity contribution in [3.63, 3.8) is 0 Å². The first kappa shape index (κ1) is 13.0. The lowest BCUT2D eigenvalue weighted by Crippen LogP contribution is -2.55. The molecule has 0 spiro atoms. The van der Waals surface area contributed by atoms with Crippen molar-refractivity contribution in [2.45, 2.75) is 39.8 Å². The van der Waals surface area contributed by atoms with E-state index in [2.05, 4.69) is 0 Å². The van der Waals surface area contributed by atoms with Crippen molar-refractivity contribution in [3.05, 3.63) is 0 Å². The third-order valence-electron chi connectivity index (χ3n) is 2.94. The molecular formula is C11H19NO4. The van der Waals surface area contributed by atoms with Crippen molar-refractivity contribution >= 4 is 11.9 Å². The summed E-state index contributed by atoms with van der Waals surface area (Å²) in [6.07, 6.45) is -0.0373. The molecule has 5 heteroatoms. The van der Waals surface area contributed by atoms with E-state index in [0.717, 1.165) is 0 Å². The molecule has 0 aromatic heterocycles. The molecule has 0 aromatic rings. The fraction of sp³-hybridized carbons (Fsp3) is 0.818. The summed E-state index contributed by atoms with van der Waals surface area (Å²) in [6, 6.07) is -0.0673. The fourth-order valence-corrected chi connectivity index (χ4v) is 1.64. The predicted octanol–water partition coefficient (Wildman–Crippen LogP) is 0.733. The number of carbonyl (C=O) groups excluding carboxylic acids is 1. The minimum atomic E-state index is -1.37. The number of carbonyl (C=O) groups is 2. The lowest BCUT2D eigenvalue weighted by molar-refractivity contribution is -0.164. The molecule has 1 heterocycles. The number of hydrogen-bond donors (Lipinski definition) is 1. The first-order valence-corrected chi connectivity index (χ1v) is 5.43. The number of amides is 1. The summed E-state index contributed by atoms with van der Waals surface area (Å²) in [4.78, 5) is 24.7. The monoisotopic (exact) mass is 229 g/mol. The van der Waals surface area contributed by atoms with E-state index in [-0.39, 0.29) is 18.1 Å². The van der Waals surface area contributed by atoms with Crippen LogP contribution in [0.2, 0.25) is 0 Å². The summed E-state index contributed by atoms with van der Waals surface area (Å²) in [7, 11) is 0. The maximum Gasteiger partial charge on any atom is 0.318 e. The second-order valence-corrected chi connectivity index (χ2v) is 4.88. The number of carboxylic acids is 1. The minimum Gasteiger partial charge on any atom is -0.480 e. The van der Waals surface area contributed by atoms with Gasteiger partial charge in [-0.3, -0.25) is 9.59 Å². The van der Waals surface area contributed by atoms with E-state index < -0.39 is 11.4 Å². The van der Waals surface area contributed by atoms with Crippen molar-refractivity contribution < 1.29 is 19.4 Å². The van der Waals surface area contributed by atoms with Gasteiger partial charge in [0.25, 0.3) is 0 Å². The van der Waals surface area contributed by atoms with E-state index in [1.807, 2.05) is 13.8 Å². The molecule has 0 aromatic carbocycles.